The SMILES string of the molecule is CCOC(=O)COCCCCCN(C)CCOc1ccc([C@@H]2c3[nH]c4ccccc4c3C[C@@H](C)N2CC(C)(C)F)c(F)c1F. The van der Waals surface area contributed by atoms with Crippen molar-refractivity contribution >= 4 is 16.9 Å². The van der Waals surface area contributed by atoms with Crippen LogP contribution in [0.5, 0.6) is 5.75 Å². The molecule has 4 rings (SSSR count). The van der Waals surface area contributed by atoms with E-state index in [-0.39, 0.29) is 43.1 Å². The maximum absolute atomic E-state index is 15.9. The quantitative estimate of drug-likeness (QED) is 0.145. The van der Waals surface area contributed by atoms with Crippen LogP contribution >= 0.6 is 0 Å². The number of hydrogen-bond donors (Lipinski definition) is 1. The number of likely N-dealkylation sites (N-methyl/N-ethyl adjacent to an activating group) is 1. The molecule has 0 radical (unpaired) electrons. The first kappa shape index (κ1) is 33.8. The Kier molecular flexibility index (Phi) is 11.7. The number of fused-ring (bicyclic) bond motifs is 3. The second-order valence-electron chi connectivity index (χ2n) is 12.3. The van der Waals surface area contributed by atoms with E-state index in [9.17, 15) is 9.18 Å². The van der Waals surface area contributed by atoms with Crippen molar-refractivity contribution in [3.8, 4) is 5.75 Å². The van der Waals surface area contributed by atoms with E-state index in [1.54, 1.807) is 13.0 Å². The molecular weight excluding hydrogens is 571 g/mol. The third-order valence-corrected chi connectivity index (χ3v) is 8.03. The number of hydrogen-bond acceptors (Lipinski definition) is 6. The zero-order valence-electron chi connectivity index (χ0n) is 26.6. The summed E-state index contributed by atoms with van der Waals surface area (Å²) in [4.78, 5) is 18.7. The fourth-order valence-corrected chi connectivity index (χ4v) is 5.94. The molecule has 10 heteroatoms. The molecule has 2 heterocycles. The van der Waals surface area contributed by atoms with Gasteiger partial charge in [0.2, 0.25) is 5.82 Å². The van der Waals surface area contributed by atoms with E-state index < -0.39 is 23.3 Å². The zero-order chi connectivity index (χ0) is 31.9. The molecule has 2 aromatic carbocycles. The number of halogens is 3. The van der Waals surface area contributed by atoms with E-state index in [1.807, 2.05) is 43.1 Å². The summed E-state index contributed by atoms with van der Waals surface area (Å²) in [5.74, 6) is -2.51. The van der Waals surface area contributed by atoms with Gasteiger partial charge in [0.1, 0.15) is 18.9 Å². The number of nitrogens with one attached hydrogen (secondary N) is 1. The van der Waals surface area contributed by atoms with Gasteiger partial charge >= 0.3 is 5.97 Å². The molecule has 7 nitrogen and oxygen atoms in total. The molecule has 1 aliphatic rings. The maximum Gasteiger partial charge on any atom is 0.332 e. The standard InChI is InChI=1S/C34H46F3N3O4/c1-6-43-29(41)21-42-18-11-7-10-16-39(5)17-19-44-28-15-14-25(30(35)31(28)36)33-32-26(24-12-8-9-13-27(24)38-32)20-23(2)40(33)22-34(3,4)37/h8-9,12-15,23,33,38H,6-7,10-11,16-22H2,1-5H3/t23-,33-/m1/s1. The number of aromatic amines is 1. The van der Waals surface area contributed by atoms with Gasteiger partial charge < -0.3 is 24.1 Å². The van der Waals surface area contributed by atoms with Gasteiger partial charge in [0.05, 0.1) is 12.6 Å². The molecule has 3 aromatic rings. The van der Waals surface area contributed by atoms with Crippen molar-refractivity contribution in [2.75, 3.05) is 53.1 Å². The van der Waals surface area contributed by atoms with Gasteiger partial charge in [-0.05, 0) is 84.7 Å². The minimum absolute atomic E-state index is 0.0267. The Morgan fingerprint density at radius 1 is 1.07 bits per heavy atom. The van der Waals surface area contributed by atoms with Crippen LogP contribution in [0.4, 0.5) is 13.2 Å². The van der Waals surface area contributed by atoms with Crippen LogP contribution in [0.15, 0.2) is 36.4 Å². The molecule has 0 saturated carbocycles. The monoisotopic (exact) mass is 617 g/mol. The zero-order valence-corrected chi connectivity index (χ0v) is 26.6. The minimum atomic E-state index is -1.53. The number of H-pyrrole nitrogens is 1. The molecule has 0 fully saturated rings. The molecule has 0 bridgehead atoms. The van der Waals surface area contributed by atoms with Crippen molar-refractivity contribution in [1.29, 1.82) is 0 Å². The van der Waals surface area contributed by atoms with Crippen LogP contribution in [-0.4, -0.2) is 85.6 Å². The largest absolute Gasteiger partial charge is 0.489 e. The van der Waals surface area contributed by atoms with Crippen molar-refractivity contribution in [2.24, 2.45) is 0 Å². The van der Waals surface area contributed by atoms with Gasteiger partial charge in [0, 0.05) is 47.9 Å². The van der Waals surface area contributed by atoms with Gasteiger partial charge in [-0.1, -0.05) is 24.3 Å². The van der Waals surface area contributed by atoms with E-state index in [0.717, 1.165) is 48.0 Å². The molecular formula is C34H46F3N3O4. The predicted molar refractivity (Wildman–Crippen MR) is 166 cm³/mol. The Labute approximate surface area is 258 Å². The van der Waals surface area contributed by atoms with Gasteiger partial charge in [0.25, 0.3) is 0 Å². The number of esters is 1. The van der Waals surface area contributed by atoms with Crippen molar-refractivity contribution in [2.45, 2.75) is 71.1 Å². The first-order valence-electron chi connectivity index (χ1n) is 15.6. The number of para-hydroxylation sites is 1. The van der Waals surface area contributed by atoms with E-state index in [0.29, 0.717) is 26.2 Å². The second kappa shape index (κ2) is 15.3. The molecule has 0 unspecified atom stereocenters. The predicted octanol–water partition coefficient (Wildman–Crippen LogP) is 6.59. The molecule has 1 N–H and O–H groups in total. The average molecular weight is 618 g/mol. The number of unbranched alkanes of at least 4 members (excludes halogenated alkanes) is 2. The highest BCUT2D eigenvalue weighted by molar-refractivity contribution is 5.85. The number of ether oxygens (including phenoxy) is 3. The van der Waals surface area contributed by atoms with E-state index in [4.69, 9.17) is 14.2 Å². The van der Waals surface area contributed by atoms with Crippen LogP contribution < -0.4 is 4.74 Å². The highest BCUT2D eigenvalue weighted by Gasteiger charge is 2.40. The Morgan fingerprint density at radius 2 is 1.84 bits per heavy atom. The number of aromatic nitrogens is 1. The summed E-state index contributed by atoms with van der Waals surface area (Å²) in [7, 11) is 1.95. The molecule has 1 aliphatic heterocycles. The van der Waals surface area contributed by atoms with Crippen molar-refractivity contribution in [3.05, 3.63) is 64.9 Å². The number of carbonyl (C=O) groups excluding carboxylic acids is 1. The smallest absolute Gasteiger partial charge is 0.332 e. The molecule has 0 amide bonds. The lowest BCUT2D eigenvalue weighted by Crippen LogP contribution is -2.48. The van der Waals surface area contributed by atoms with Crippen LogP contribution in [-0.2, 0) is 20.7 Å². The molecule has 2 atom stereocenters. The Bertz CT molecular complexity index is 1390. The van der Waals surface area contributed by atoms with Crippen molar-refractivity contribution in [1.82, 2.24) is 14.8 Å². The van der Waals surface area contributed by atoms with Crippen molar-refractivity contribution in [3.63, 3.8) is 0 Å². The summed E-state index contributed by atoms with van der Waals surface area (Å²) in [6.45, 7) is 9.21. The van der Waals surface area contributed by atoms with E-state index in [2.05, 4.69) is 9.88 Å². The van der Waals surface area contributed by atoms with Crippen LogP contribution in [0.25, 0.3) is 10.9 Å². The lowest BCUT2D eigenvalue weighted by molar-refractivity contribution is -0.148. The molecule has 44 heavy (non-hydrogen) atoms. The van der Waals surface area contributed by atoms with Crippen LogP contribution in [0.2, 0.25) is 0 Å². The summed E-state index contributed by atoms with van der Waals surface area (Å²) < 4.78 is 62.1. The van der Waals surface area contributed by atoms with Gasteiger partial charge in [-0.2, -0.15) is 4.39 Å². The van der Waals surface area contributed by atoms with Gasteiger partial charge in [0.15, 0.2) is 11.6 Å². The first-order chi connectivity index (χ1) is 21.0. The van der Waals surface area contributed by atoms with Gasteiger partial charge in [-0.25, -0.2) is 13.6 Å². The Hall–Kier alpha value is -3.08. The van der Waals surface area contributed by atoms with Gasteiger partial charge in [-0.3, -0.25) is 4.90 Å². The molecule has 0 aliphatic carbocycles. The molecule has 0 spiro atoms. The van der Waals surface area contributed by atoms with Gasteiger partial charge in [-0.15, -0.1) is 0 Å². The molecule has 0 saturated heterocycles. The third-order valence-electron chi connectivity index (χ3n) is 8.03. The highest BCUT2D eigenvalue weighted by atomic mass is 19.2. The normalized spacial score (nSPS) is 17.3. The summed E-state index contributed by atoms with van der Waals surface area (Å²) in [5, 5.41) is 1.05. The topological polar surface area (TPSA) is 67.0 Å². The number of alkyl halides is 1. The highest BCUT2D eigenvalue weighted by Crippen LogP contribution is 2.43. The minimum Gasteiger partial charge on any atom is -0.489 e. The van der Waals surface area contributed by atoms with Crippen LogP contribution in [0.1, 0.15) is 69.8 Å². The van der Waals surface area contributed by atoms with E-state index in [1.165, 1.54) is 19.9 Å². The lowest BCUT2D eigenvalue weighted by Gasteiger charge is -2.43. The third kappa shape index (κ3) is 8.55. The summed E-state index contributed by atoms with van der Waals surface area (Å²) in [6, 6.07) is 10.2. The summed E-state index contributed by atoms with van der Waals surface area (Å²) in [5.41, 5.74) is 1.37. The fourth-order valence-electron chi connectivity index (χ4n) is 5.94. The number of benzene rings is 2. The molecule has 242 valence electrons. The Balaban J connectivity index is 1.37. The Morgan fingerprint density at radius 3 is 2.59 bits per heavy atom. The second-order valence-corrected chi connectivity index (χ2v) is 12.3. The first-order valence-corrected chi connectivity index (χ1v) is 15.6. The van der Waals surface area contributed by atoms with Crippen LogP contribution in [0, 0.1) is 11.6 Å². The number of rotatable bonds is 16. The van der Waals surface area contributed by atoms with E-state index >= 15 is 8.78 Å². The number of nitrogens with zero attached hydrogens (tertiary/aromatic N) is 2. The maximum atomic E-state index is 15.9. The number of carbonyl (C=O) groups is 1. The van der Waals surface area contributed by atoms with Crippen LogP contribution in [0.3, 0.4) is 0 Å². The molecule has 1 aromatic heterocycles. The lowest BCUT2D eigenvalue weighted by atomic mass is 9.87. The van der Waals surface area contributed by atoms with Crippen molar-refractivity contribution < 1.29 is 32.2 Å². The summed E-state index contributed by atoms with van der Waals surface area (Å²) >= 11 is 0. The average Bonchev–Trinajstić information content (AvgIpc) is 3.33. The fraction of sp³-hybridized carbons (Fsp3) is 0.559. The summed E-state index contributed by atoms with van der Waals surface area (Å²) in [6.07, 6.45) is 3.37.